The van der Waals surface area contributed by atoms with E-state index in [-0.39, 0.29) is 22.5 Å². The minimum atomic E-state index is -3.63. The molecule has 0 aromatic heterocycles. The standard InChI is InChI=1S/C20H25N3O5S/c1-14(2)22(5)29(27,28)19-11-9-16(10-12-19)20(24)21(4)15(3)17-7-6-8-18(13-17)23(25)26/h6-15H,1-5H3. The Morgan fingerprint density at radius 2 is 1.62 bits per heavy atom. The zero-order valence-corrected chi connectivity index (χ0v) is 17.9. The molecule has 1 unspecified atom stereocenters. The molecule has 0 fully saturated rings. The van der Waals surface area contributed by atoms with Gasteiger partial charge in [0.1, 0.15) is 0 Å². The summed E-state index contributed by atoms with van der Waals surface area (Å²) in [5.41, 5.74) is 0.919. The van der Waals surface area contributed by atoms with Crippen LogP contribution in [0.15, 0.2) is 53.4 Å². The lowest BCUT2D eigenvalue weighted by Gasteiger charge is -2.25. The van der Waals surface area contributed by atoms with Crippen molar-refractivity contribution in [3.63, 3.8) is 0 Å². The molecule has 2 aromatic rings. The van der Waals surface area contributed by atoms with Crippen LogP contribution in [0.25, 0.3) is 0 Å². The molecule has 0 heterocycles. The van der Waals surface area contributed by atoms with Gasteiger partial charge in [-0.1, -0.05) is 12.1 Å². The van der Waals surface area contributed by atoms with Crippen LogP contribution in [0.4, 0.5) is 5.69 Å². The van der Waals surface area contributed by atoms with Crippen molar-refractivity contribution < 1.29 is 18.1 Å². The quantitative estimate of drug-likeness (QED) is 0.505. The van der Waals surface area contributed by atoms with Crippen LogP contribution in [0.5, 0.6) is 0 Å². The Kier molecular flexibility index (Phi) is 6.76. The van der Waals surface area contributed by atoms with Crippen LogP contribution >= 0.6 is 0 Å². The molecule has 0 bridgehead atoms. The number of nitrogens with zero attached hydrogens (tertiary/aromatic N) is 3. The summed E-state index contributed by atoms with van der Waals surface area (Å²) in [5, 5.41) is 11.0. The molecule has 0 saturated carbocycles. The molecule has 2 rings (SSSR count). The molecular weight excluding hydrogens is 394 g/mol. The molecule has 0 aliphatic rings. The van der Waals surface area contributed by atoms with Crippen molar-refractivity contribution in [3.8, 4) is 0 Å². The molecule has 0 spiro atoms. The van der Waals surface area contributed by atoms with Gasteiger partial charge in [-0.3, -0.25) is 14.9 Å². The molecule has 0 aliphatic carbocycles. The first-order chi connectivity index (χ1) is 13.5. The van der Waals surface area contributed by atoms with Crippen LogP contribution in [-0.2, 0) is 10.0 Å². The highest BCUT2D eigenvalue weighted by Crippen LogP contribution is 2.25. The molecule has 1 amide bonds. The maximum atomic E-state index is 12.8. The van der Waals surface area contributed by atoms with Crippen molar-refractivity contribution in [1.29, 1.82) is 0 Å². The number of rotatable bonds is 7. The van der Waals surface area contributed by atoms with Crippen LogP contribution in [0.3, 0.4) is 0 Å². The fourth-order valence-corrected chi connectivity index (χ4v) is 4.08. The Morgan fingerprint density at radius 3 is 2.14 bits per heavy atom. The molecule has 0 N–H and O–H groups in total. The number of nitro groups is 1. The summed E-state index contributed by atoms with van der Waals surface area (Å²) in [6.07, 6.45) is 0. The third kappa shape index (κ3) is 4.80. The van der Waals surface area contributed by atoms with E-state index in [1.165, 1.54) is 52.7 Å². The first-order valence-electron chi connectivity index (χ1n) is 9.06. The second-order valence-electron chi connectivity index (χ2n) is 7.08. The second-order valence-corrected chi connectivity index (χ2v) is 9.08. The zero-order valence-electron chi connectivity index (χ0n) is 17.1. The first-order valence-corrected chi connectivity index (χ1v) is 10.5. The van der Waals surface area contributed by atoms with E-state index in [2.05, 4.69) is 0 Å². The van der Waals surface area contributed by atoms with E-state index in [1.807, 2.05) is 0 Å². The molecule has 2 aromatic carbocycles. The average molecular weight is 420 g/mol. The average Bonchev–Trinajstić information content (AvgIpc) is 2.71. The summed E-state index contributed by atoms with van der Waals surface area (Å²) in [4.78, 5) is 24.9. The molecule has 0 saturated heterocycles. The van der Waals surface area contributed by atoms with Gasteiger partial charge in [-0.15, -0.1) is 0 Å². The minimum Gasteiger partial charge on any atom is -0.335 e. The molecule has 1 atom stereocenters. The van der Waals surface area contributed by atoms with Crippen LogP contribution in [0.1, 0.15) is 42.7 Å². The number of carbonyl (C=O) groups excluding carboxylic acids is 1. The number of hydrogen-bond donors (Lipinski definition) is 0. The maximum Gasteiger partial charge on any atom is 0.269 e. The Morgan fingerprint density at radius 1 is 1.03 bits per heavy atom. The van der Waals surface area contributed by atoms with E-state index in [9.17, 15) is 23.3 Å². The van der Waals surface area contributed by atoms with Crippen molar-refractivity contribution in [2.45, 2.75) is 37.8 Å². The van der Waals surface area contributed by atoms with E-state index in [4.69, 9.17) is 0 Å². The molecule has 8 nitrogen and oxygen atoms in total. The fraction of sp³-hybridized carbons (Fsp3) is 0.350. The number of non-ortho nitro benzene ring substituents is 1. The van der Waals surface area contributed by atoms with Crippen LogP contribution in [-0.4, -0.2) is 48.6 Å². The summed E-state index contributed by atoms with van der Waals surface area (Å²) < 4.78 is 26.4. The van der Waals surface area contributed by atoms with Crippen molar-refractivity contribution in [1.82, 2.24) is 9.21 Å². The Labute approximate surface area is 171 Å². The third-order valence-corrected chi connectivity index (χ3v) is 7.02. The number of carbonyl (C=O) groups is 1. The fourth-order valence-electron chi connectivity index (χ4n) is 2.71. The van der Waals surface area contributed by atoms with Gasteiger partial charge in [0.2, 0.25) is 10.0 Å². The van der Waals surface area contributed by atoms with Crippen LogP contribution < -0.4 is 0 Å². The van der Waals surface area contributed by atoms with Gasteiger partial charge < -0.3 is 4.90 Å². The van der Waals surface area contributed by atoms with Gasteiger partial charge >= 0.3 is 0 Å². The van der Waals surface area contributed by atoms with Gasteiger partial charge in [0.25, 0.3) is 11.6 Å². The highest BCUT2D eigenvalue weighted by atomic mass is 32.2. The summed E-state index contributed by atoms with van der Waals surface area (Å²) in [7, 11) is -0.521. The van der Waals surface area contributed by atoms with Crippen molar-refractivity contribution in [2.75, 3.05) is 14.1 Å². The molecular formula is C20H25N3O5S. The molecule has 9 heteroatoms. The Balaban J connectivity index is 2.24. The molecule has 156 valence electrons. The molecule has 0 aliphatic heterocycles. The van der Waals surface area contributed by atoms with Gasteiger partial charge in [0, 0.05) is 37.8 Å². The molecule has 29 heavy (non-hydrogen) atoms. The van der Waals surface area contributed by atoms with E-state index in [0.29, 0.717) is 11.1 Å². The van der Waals surface area contributed by atoms with E-state index < -0.39 is 21.0 Å². The van der Waals surface area contributed by atoms with Gasteiger partial charge in [-0.05, 0) is 50.6 Å². The summed E-state index contributed by atoms with van der Waals surface area (Å²) in [6.45, 7) is 5.33. The van der Waals surface area contributed by atoms with Crippen molar-refractivity contribution in [2.24, 2.45) is 0 Å². The van der Waals surface area contributed by atoms with Crippen LogP contribution in [0, 0.1) is 10.1 Å². The maximum absolute atomic E-state index is 12.8. The lowest BCUT2D eigenvalue weighted by atomic mass is 10.1. The predicted molar refractivity (Wildman–Crippen MR) is 110 cm³/mol. The number of benzene rings is 2. The highest BCUT2D eigenvalue weighted by molar-refractivity contribution is 7.89. The number of sulfonamides is 1. The number of nitro benzene ring substituents is 1. The van der Waals surface area contributed by atoms with E-state index in [0.717, 1.165) is 0 Å². The van der Waals surface area contributed by atoms with Gasteiger partial charge in [0.15, 0.2) is 0 Å². The lowest BCUT2D eigenvalue weighted by Crippen LogP contribution is -2.33. The zero-order chi connectivity index (χ0) is 21.9. The summed E-state index contributed by atoms with van der Waals surface area (Å²) in [5.74, 6) is -0.315. The SMILES string of the molecule is CC(c1cccc([N+](=O)[O-])c1)N(C)C(=O)c1ccc(S(=O)(=O)N(C)C(C)C)cc1. The highest BCUT2D eigenvalue weighted by Gasteiger charge is 2.24. The van der Waals surface area contributed by atoms with Gasteiger partial charge in [-0.25, -0.2) is 8.42 Å². The largest absolute Gasteiger partial charge is 0.335 e. The normalized spacial score (nSPS) is 12.8. The van der Waals surface area contributed by atoms with Crippen molar-refractivity contribution in [3.05, 3.63) is 69.8 Å². The van der Waals surface area contributed by atoms with E-state index in [1.54, 1.807) is 40.0 Å². The lowest BCUT2D eigenvalue weighted by molar-refractivity contribution is -0.384. The summed E-state index contributed by atoms with van der Waals surface area (Å²) >= 11 is 0. The molecule has 0 radical (unpaired) electrons. The van der Waals surface area contributed by atoms with E-state index >= 15 is 0 Å². The summed E-state index contributed by atoms with van der Waals surface area (Å²) in [6, 6.07) is 11.3. The smallest absolute Gasteiger partial charge is 0.269 e. The first kappa shape index (κ1) is 22.5. The predicted octanol–water partition coefficient (Wildman–Crippen LogP) is 3.46. The Hall–Kier alpha value is -2.78. The Bertz CT molecular complexity index is 1000. The third-order valence-electron chi connectivity index (χ3n) is 4.97. The van der Waals surface area contributed by atoms with Gasteiger partial charge in [-0.2, -0.15) is 4.31 Å². The second kappa shape index (κ2) is 8.71. The van der Waals surface area contributed by atoms with Crippen LogP contribution in [0.2, 0.25) is 0 Å². The van der Waals surface area contributed by atoms with Gasteiger partial charge in [0.05, 0.1) is 15.9 Å². The topological polar surface area (TPSA) is 101 Å². The minimum absolute atomic E-state index is 0.0426. The van der Waals surface area contributed by atoms with Crippen molar-refractivity contribution >= 4 is 21.6 Å². The number of hydrogen-bond acceptors (Lipinski definition) is 5. The monoisotopic (exact) mass is 419 g/mol. The number of amides is 1.